The lowest BCUT2D eigenvalue weighted by Gasteiger charge is -2.41. The first-order valence-electron chi connectivity index (χ1n) is 8.19. The first-order valence-corrected chi connectivity index (χ1v) is 9.00. The van der Waals surface area contributed by atoms with E-state index in [1.165, 1.54) is 36.7 Å². The summed E-state index contributed by atoms with van der Waals surface area (Å²) < 4.78 is 14.6. The molecule has 0 spiro atoms. The van der Waals surface area contributed by atoms with Gasteiger partial charge in [-0.25, -0.2) is 4.39 Å². The average Bonchev–Trinajstić information content (AvgIpc) is 2.99. The Bertz CT molecular complexity index is 704. The fourth-order valence-corrected chi connectivity index (χ4v) is 4.12. The quantitative estimate of drug-likeness (QED) is 0.915. The number of nitrogens with one attached hydrogen (secondary N) is 1. The van der Waals surface area contributed by atoms with Crippen LogP contribution in [0.2, 0.25) is 0 Å². The first kappa shape index (κ1) is 16.4. The van der Waals surface area contributed by atoms with Crippen LogP contribution in [0.5, 0.6) is 0 Å². The number of nitrogens with zero attached hydrogens (tertiary/aromatic N) is 1. The highest BCUT2D eigenvalue weighted by atomic mass is 32.1. The molecule has 1 fully saturated rings. The molecule has 2 heterocycles. The molecule has 0 radical (unpaired) electrons. The van der Waals surface area contributed by atoms with Crippen LogP contribution in [0.25, 0.3) is 10.1 Å². The van der Waals surface area contributed by atoms with Crippen molar-refractivity contribution in [1.29, 1.82) is 0 Å². The number of halogens is 1. The highest BCUT2D eigenvalue weighted by Gasteiger charge is 2.28. The van der Waals surface area contributed by atoms with Gasteiger partial charge in [0.15, 0.2) is 0 Å². The minimum atomic E-state index is -0.272. The number of hydrogen-bond acceptors (Lipinski definition) is 3. The van der Waals surface area contributed by atoms with Gasteiger partial charge in [-0.3, -0.25) is 9.69 Å². The predicted molar refractivity (Wildman–Crippen MR) is 93.6 cm³/mol. The maximum absolute atomic E-state index is 13.7. The van der Waals surface area contributed by atoms with E-state index in [2.05, 4.69) is 24.1 Å². The minimum Gasteiger partial charge on any atom is -0.349 e. The molecule has 1 aromatic heterocycles. The zero-order valence-corrected chi connectivity index (χ0v) is 14.5. The van der Waals surface area contributed by atoms with E-state index in [0.717, 1.165) is 17.8 Å². The fraction of sp³-hybridized carbons (Fsp3) is 0.500. The maximum Gasteiger partial charge on any atom is 0.261 e. The second-order valence-electron chi connectivity index (χ2n) is 6.81. The smallest absolute Gasteiger partial charge is 0.261 e. The number of piperidine rings is 1. The van der Waals surface area contributed by atoms with E-state index in [9.17, 15) is 9.18 Å². The Hall–Kier alpha value is -1.46. The Labute approximate surface area is 140 Å². The van der Waals surface area contributed by atoms with Crippen molar-refractivity contribution in [3.05, 3.63) is 35.0 Å². The van der Waals surface area contributed by atoms with Gasteiger partial charge in [0.2, 0.25) is 0 Å². The van der Waals surface area contributed by atoms with Crippen LogP contribution in [0, 0.1) is 5.82 Å². The van der Waals surface area contributed by atoms with Gasteiger partial charge in [-0.1, -0.05) is 12.5 Å². The summed E-state index contributed by atoms with van der Waals surface area (Å²) in [4.78, 5) is 15.4. The summed E-state index contributed by atoms with van der Waals surface area (Å²) in [6.45, 7) is 7.13. The van der Waals surface area contributed by atoms with Gasteiger partial charge in [0, 0.05) is 22.2 Å². The average molecular weight is 334 g/mol. The van der Waals surface area contributed by atoms with Crippen LogP contribution in [0.4, 0.5) is 4.39 Å². The number of hydrogen-bond donors (Lipinski definition) is 1. The molecule has 1 N–H and O–H groups in total. The highest BCUT2D eigenvalue weighted by Crippen LogP contribution is 2.27. The second kappa shape index (κ2) is 6.57. The van der Waals surface area contributed by atoms with E-state index >= 15 is 0 Å². The third-order valence-corrected chi connectivity index (χ3v) is 5.72. The fourth-order valence-electron chi connectivity index (χ4n) is 3.13. The van der Waals surface area contributed by atoms with E-state index < -0.39 is 0 Å². The molecule has 0 aliphatic carbocycles. The van der Waals surface area contributed by atoms with Crippen molar-refractivity contribution in [1.82, 2.24) is 10.2 Å². The number of carbonyl (C=O) groups is 1. The van der Waals surface area contributed by atoms with Crippen molar-refractivity contribution >= 4 is 27.3 Å². The van der Waals surface area contributed by atoms with Gasteiger partial charge in [-0.2, -0.15) is 0 Å². The van der Waals surface area contributed by atoms with Gasteiger partial charge < -0.3 is 5.32 Å². The molecule has 0 unspecified atom stereocenters. The number of rotatable bonds is 4. The van der Waals surface area contributed by atoms with E-state index in [1.807, 2.05) is 6.07 Å². The summed E-state index contributed by atoms with van der Waals surface area (Å²) >= 11 is 1.34. The first-order chi connectivity index (χ1) is 11.0. The number of carbonyl (C=O) groups excluding carboxylic acids is 1. The molecule has 0 saturated carbocycles. The summed E-state index contributed by atoms with van der Waals surface area (Å²) in [5.41, 5.74) is -0.0575. The van der Waals surface area contributed by atoms with Crippen LogP contribution in [-0.2, 0) is 0 Å². The molecular formula is C18H23FN2OS. The molecule has 1 aliphatic heterocycles. The molecule has 0 bridgehead atoms. The van der Waals surface area contributed by atoms with Crippen LogP contribution in [-0.4, -0.2) is 36.0 Å². The summed E-state index contributed by atoms with van der Waals surface area (Å²) in [7, 11) is 0. The van der Waals surface area contributed by atoms with Crippen molar-refractivity contribution in [2.45, 2.75) is 38.6 Å². The molecule has 2 aromatic rings. The molecule has 3 nitrogen and oxygen atoms in total. The lowest BCUT2D eigenvalue weighted by molar-refractivity contribution is 0.0800. The van der Waals surface area contributed by atoms with Crippen molar-refractivity contribution in [3.63, 3.8) is 0 Å². The van der Waals surface area contributed by atoms with E-state index in [-0.39, 0.29) is 17.3 Å². The van der Waals surface area contributed by atoms with Crippen molar-refractivity contribution in [3.8, 4) is 0 Å². The maximum atomic E-state index is 13.7. The van der Waals surface area contributed by atoms with Crippen molar-refractivity contribution in [2.24, 2.45) is 0 Å². The number of benzene rings is 1. The molecule has 5 heteroatoms. The molecule has 3 rings (SSSR count). The Morgan fingerprint density at radius 1 is 1.30 bits per heavy atom. The molecular weight excluding hydrogens is 311 g/mol. The SMILES string of the molecule is CC(C)(CNC(=O)c1cc2c(F)cccc2s1)N1CCCCC1. The lowest BCUT2D eigenvalue weighted by Crippen LogP contribution is -2.53. The Kier molecular flexibility index (Phi) is 4.69. The molecule has 0 atom stereocenters. The molecule has 1 aliphatic rings. The van der Waals surface area contributed by atoms with Gasteiger partial charge in [-0.05, 0) is 58.0 Å². The zero-order valence-electron chi connectivity index (χ0n) is 13.7. The van der Waals surface area contributed by atoms with E-state index in [0.29, 0.717) is 16.8 Å². The van der Waals surface area contributed by atoms with Crippen LogP contribution >= 0.6 is 11.3 Å². The van der Waals surface area contributed by atoms with Crippen LogP contribution < -0.4 is 5.32 Å². The summed E-state index contributed by atoms with van der Waals surface area (Å²) in [5, 5.41) is 3.55. The molecule has 1 saturated heterocycles. The topological polar surface area (TPSA) is 32.3 Å². The van der Waals surface area contributed by atoms with Gasteiger partial charge in [0.1, 0.15) is 5.82 Å². The third-order valence-electron chi connectivity index (χ3n) is 4.63. The normalized spacial score (nSPS) is 16.7. The molecule has 23 heavy (non-hydrogen) atoms. The van der Waals surface area contributed by atoms with Crippen LogP contribution in [0.1, 0.15) is 42.8 Å². The van der Waals surface area contributed by atoms with Crippen molar-refractivity contribution in [2.75, 3.05) is 19.6 Å². The predicted octanol–water partition coefficient (Wildman–Crippen LogP) is 4.03. The summed E-state index contributed by atoms with van der Waals surface area (Å²) in [5.74, 6) is -0.387. The Morgan fingerprint density at radius 3 is 2.74 bits per heavy atom. The lowest BCUT2D eigenvalue weighted by atomic mass is 9.98. The highest BCUT2D eigenvalue weighted by molar-refractivity contribution is 7.20. The molecule has 1 aromatic carbocycles. The van der Waals surface area contributed by atoms with Gasteiger partial charge >= 0.3 is 0 Å². The largest absolute Gasteiger partial charge is 0.349 e. The van der Waals surface area contributed by atoms with Gasteiger partial charge in [0.05, 0.1) is 4.88 Å². The monoisotopic (exact) mass is 334 g/mol. The van der Waals surface area contributed by atoms with Gasteiger partial charge in [-0.15, -0.1) is 11.3 Å². The third kappa shape index (κ3) is 3.56. The van der Waals surface area contributed by atoms with Crippen molar-refractivity contribution < 1.29 is 9.18 Å². The molecule has 1 amide bonds. The van der Waals surface area contributed by atoms with Crippen LogP contribution in [0.15, 0.2) is 24.3 Å². The summed E-state index contributed by atoms with van der Waals surface area (Å²) in [6, 6.07) is 6.60. The number of fused-ring (bicyclic) bond motifs is 1. The second-order valence-corrected chi connectivity index (χ2v) is 7.89. The van der Waals surface area contributed by atoms with Crippen LogP contribution in [0.3, 0.4) is 0 Å². The van der Waals surface area contributed by atoms with E-state index in [4.69, 9.17) is 0 Å². The van der Waals surface area contributed by atoms with Gasteiger partial charge in [0.25, 0.3) is 5.91 Å². The Morgan fingerprint density at radius 2 is 2.04 bits per heavy atom. The van der Waals surface area contributed by atoms with E-state index in [1.54, 1.807) is 12.1 Å². The number of thiophene rings is 1. The minimum absolute atomic E-state index is 0.0575. The standard InChI is InChI=1S/C18H23FN2OS/c1-18(2,21-9-4-3-5-10-21)12-20-17(22)16-11-13-14(19)7-6-8-15(13)23-16/h6-8,11H,3-5,9-10,12H2,1-2H3,(H,20,22). The zero-order chi connectivity index (χ0) is 16.4. The number of amides is 1. The molecule has 124 valence electrons. The number of likely N-dealkylation sites (tertiary alicyclic amines) is 1. The summed E-state index contributed by atoms with van der Waals surface area (Å²) in [6.07, 6.45) is 3.76. The Balaban J connectivity index is 1.67.